The summed E-state index contributed by atoms with van der Waals surface area (Å²) in [7, 11) is 2.04. The molecule has 1 aromatic rings. The number of hydrogen-bond donors (Lipinski definition) is 0. The lowest BCUT2D eigenvalue weighted by molar-refractivity contribution is -0.163. The molecule has 1 atom stereocenters. The number of ether oxygens (including phenoxy) is 1. The van der Waals surface area contributed by atoms with Gasteiger partial charge in [-0.1, -0.05) is 0 Å². The molecule has 1 aromatic heterocycles. The molecule has 7 nitrogen and oxygen atoms in total. The number of pyridine rings is 1. The normalized spacial score (nSPS) is 24.8. The van der Waals surface area contributed by atoms with Gasteiger partial charge in [0.15, 0.2) is 0 Å². The fourth-order valence-corrected chi connectivity index (χ4v) is 4.89. The Morgan fingerprint density at radius 1 is 1.21 bits per heavy atom. The minimum absolute atomic E-state index is 0.0382. The third-order valence-electron chi connectivity index (χ3n) is 6.70. The van der Waals surface area contributed by atoms with E-state index in [-0.39, 0.29) is 23.5 Å². The van der Waals surface area contributed by atoms with Gasteiger partial charge in [0.1, 0.15) is 0 Å². The Kier molecular flexibility index (Phi) is 5.88. The highest BCUT2D eigenvalue weighted by Gasteiger charge is 2.43. The van der Waals surface area contributed by atoms with Crippen molar-refractivity contribution in [2.75, 3.05) is 46.4 Å². The van der Waals surface area contributed by atoms with Gasteiger partial charge >= 0.3 is 0 Å². The molecule has 0 bridgehead atoms. The van der Waals surface area contributed by atoms with Gasteiger partial charge in [-0.3, -0.25) is 19.5 Å². The largest absolute Gasteiger partial charge is 0.371 e. The molecule has 29 heavy (non-hydrogen) atoms. The van der Waals surface area contributed by atoms with Crippen LogP contribution in [0.25, 0.3) is 0 Å². The van der Waals surface area contributed by atoms with Gasteiger partial charge in [0.05, 0.1) is 24.7 Å². The molecule has 0 unspecified atom stereocenters. The predicted octanol–water partition coefficient (Wildman–Crippen LogP) is 1.25. The average Bonchev–Trinajstić information content (AvgIpc) is 3.14. The second-order valence-corrected chi connectivity index (χ2v) is 8.81. The molecule has 7 heteroatoms. The van der Waals surface area contributed by atoms with Gasteiger partial charge in [0, 0.05) is 38.1 Å². The zero-order chi connectivity index (χ0) is 20.4. The second-order valence-electron chi connectivity index (χ2n) is 8.81. The minimum Gasteiger partial charge on any atom is -0.371 e. The van der Waals surface area contributed by atoms with E-state index < -0.39 is 0 Å². The summed E-state index contributed by atoms with van der Waals surface area (Å²) in [6.07, 6.45) is 5.73. The molecule has 4 rings (SSSR count). The first-order chi connectivity index (χ1) is 14.0. The van der Waals surface area contributed by atoms with Crippen LogP contribution in [0.4, 0.5) is 0 Å². The molecule has 0 N–H and O–H groups in total. The number of rotatable bonds is 3. The Morgan fingerprint density at radius 3 is 2.69 bits per heavy atom. The van der Waals surface area contributed by atoms with E-state index >= 15 is 0 Å². The molecule has 3 aliphatic rings. The molecule has 0 radical (unpaired) electrons. The Morgan fingerprint density at radius 2 is 2.00 bits per heavy atom. The molecule has 0 aliphatic carbocycles. The van der Waals surface area contributed by atoms with E-state index in [2.05, 4.69) is 9.88 Å². The fourth-order valence-electron chi connectivity index (χ4n) is 4.89. The van der Waals surface area contributed by atoms with Crippen molar-refractivity contribution in [1.29, 1.82) is 0 Å². The summed E-state index contributed by atoms with van der Waals surface area (Å²) in [5.41, 5.74) is 1.62. The number of aryl methyl sites for hydroxylation is 1. The van der Waals surface area contributed by atoms with Crippen LogP contribution < -0.4 is 0 Å². The van der Waals surface area contributed by atoms with Gasteiger partial charge in [-0.05, 0) is 63.9 Å². The summed E-state index contributed by atoms with van der Waals surface area (Å²) < 4.78 is 6.17. The van der Waals surface area contributed by atoms with Crippen molar-refractivity contribution < 1.29 is 14.3 Å². The van der Waals surface area contributed by atoms with Gasteiger partial charge in [0.25, 0.3) is 0 Å². The van der Waals surface area contributed by atoms with Crippen LogP contribution in [-0.4, -0.2) is 89.5 Å². The number of carbonyl (C=O) groups is 2. The molecule has 2 amide bonds. The first-order valence-corrected chi connectivity index (χ1v) is 10.8. The lowest BCUT2D eigenvalue weighted by Gasteiger charge is -2.47. The molecule has 3 aliphatic heterocycles. The summed E-state index contributed by atoms with van der Waals surface area (Å²) in [6.45, 7) is 6.24. The van der Waals surface area contributed by atoms with E-state index in [1.54, 1.807) is 6.20 Å². The van der Waals surface area contributed by atoms with Crippen molar-refractivity contribution in [3.63, 3.8) is 0 Å². The summed E-state index contributed by atoms with van der Waals surface area (Å²) in [5, 5.41) is 0. The van der Waals surface area contributed by atoms with Crippen LogP contribution in [0.2, 0.25) is 0 Å². The first kappa shape index (κ1) is 20.3. The van der Waals surface area contributed by atoms with E-state index in [1.165, 1.54) is 0 Å². The number of carbonyl (C=O) groups excluding carboxylic acids is 2. The lowest BCUT2D eigenvalue weighted by atomic mass is 9.88. The Bertz CT molecular complexity index is 760. The maximum atomic E-state index is 12.9. The number of piperidine rings is 1. The monoisotopic (exact) mass is 400 g/mol. The number of morpholine rings is 1. The molecule has 3 fully saturated rings. The van der Waals surface area contributed by atoms with Crippen LogP contribution in [0.3, 0.4) is 0 Å². The highest BCUT2D eigenvalue weighted by molar-refractivity contribution is 5.82. The quantitative estimate of drug-likeness (QED) is 0.764. The lowest BCUT2D eigenvalue weighted by Crippen LogP contribution is -2.59. The Balaban J connectivity index is 1.33. The minimum atomic E-state index is -0.313. The van der Waals surface area contributed by atoms with Gasteiger partial charge in [-0.15, -0.1) is 0 Å². The molecule has 1 spiro atoms. The number of amides is 2. The number of likely N-dealkylation sites (N-methyl/N-ethyl adjacent to an activating group) is 1. The van der Waals surface area contributed by atoms with Crippen molar-refractivity contribution in [2.45, 2.75) is 50.7 Å². The highest BCUT2D eigenvalue weighted by Crippen LogP contribution is 2.31. The zero-order valence-electron chi connectivity index (χ0n) is 17.6. The Labute approximate surface area is 173 Å². The maximum absolute atomic E-state index is 12.9. The molecule has 3 saturated heterocycles. The van der Waals surface area contributed by atoms with E-state index in [4.69, 9.17) is 4.74 Å². The van der Waals surface area contributed by atoms with Crippen molar-refractivity contribution >= 4 is 11.8 Å². The van der Waals surface area contributed by atoms with Gasteiger partial charge in [-0.25, -0.2) is 0 Å². The number of aromatic nitrogens is 1. The van der Waals surface area contributed by atoms with Gasteiger partial charge in [-0.2, -0.15) is 0 Å². The predicted molar refractivity (Wildman–Crippen MR) is 109 cm³/mol. The van der Waals surface area contributed by atoms with E-state index in [1.807, 2.05) is 35.9 Å². The number of hydrogen-bond acceptors (Lipinski definition) is 5. The summed E-state index contributed by atoms with van der Waals surface area (Å²) in [5.74, 6) is 0.367. The first-order valence-electron chi connectivity index (χ1n) is 10.8. The average molecular weight is 401 g/mol. The fraction of sp³-hybridized carbons (Fsp3) is 0.682. The van der Waals surface area contributed by atoms with Crippen molar-refractivity contribution in [2.24, 2.45) is 0 Å². The van der Waals surface area contributed by atoms with Crippen LogP contribution in [0.15, 0.2) is 18.3 Å². The number of nitrogens with zero attached hydrogens (tertiary/aromatic N) is 4. The summed E-state index contributed by atoms with van der Waals surface area (Å²) in [6, 6.07) is 3.95. The van der Waals surface area contributed by atoms with Crippen molar-refractivity contribution in [3.05, 3.63) is 29.6 Å². The van der Waals surface area contributed by atoms with E-state index in [0.29, 0.717) is 39.2 Å². The smallest absolute Gasteiger partial charge is 0.239 e. The standard InChI is InChI=1S/C22H32N4O3/c1-17-5-8-23-18(14-17)15-20(27)26-12-13-29-22(16-26)6-10-25(11-7-22)21(28)19-4-3-9-24(19)2/h5,8,14,19H,3-4,6-7,9-13,15-16H2,1-2H3/t19-/m0/s1. The van der Waals surface area contributed by atoms with Crippen LogP contribution in [0.1, 0.15) is 36.9 Å². The van der Waals surface area contributed by atoms with E-state index in [9.17, 15) is 9.59 Å². The Hall–Kier alpha value is -1.99. The molecular weight excluding hydrogens is 368 g/mol. The number of likely N-dealkylation sites (tertiary alicyclic amines) is 2. The zero-order valence-corrected chi connectivity index (χ0v) is 17.6. The van der Waals surface area contributed by atoms with Gasteiger partial charge < -0.3 is 14.5 Å². The molecular formula is C22H32N4O3. The van der Waals surface area contributed by atoms with Gasteiger partial charge in [0.2, 0.25) is 11.8 Å². The highest BCUT2D eigenvalue weighted by atomic mass is 16.5. The SMILES string of the molecule is Cc1ccnc(CC(=O)N2CCOC3(CCN(C(=O)[C@@H]4CCCN4C)CC3)C2)c1. The van der Waals surface area contributed by atoms with E-state index in [0.717, 1.165) is 43.5 Å². The van der Waals surface area contributed by atoms with Crippen molar-refractivity contribution in [1.82, 2.24) is 19.7 Å². The third kappa shape index (κ3) is 4.46. The van der Waals surface area contributed by atoms with Crippen molar-refractivity contribution in [3.8, 4) is 0 Å². The van der Waals surface area contributed by atoms with Crippen LogP contribution in [0, 0.1) is 6.92 Å². The molecule has 0 saturated carbocycles. The molecule has 4 heterocycles. The third-order valence-corrected chi connectivity index (χ3v) is 6.70. The summed E-state index contributed by atoms with van der Waals surface area (Å²) >= 11 is 0. The molecule has 158 valence electrons. The van der Waals surface area contributed by atoms with Crippen LogP contribution in [0.5, 0.6) is 0 Å². The summed E-state index contributed by atoms with van der Waals surface area (Å²) in [4.78, 5) is 36.1. The van der Waals surface area contributed by atoms with Crippen LogP contribution in [-0.2, 0) is 20.7 Å². The second kappa shape index (κ2) is 8.40. The van der Waals surface area contributed by atoms with Crippen LogP contribution >= 0.6 is 0 Å². The maximum Gasteiger partial charge on any atom is 0.239 e. The topological polar surface area (TPSA) is 66.0 Å². The molecule has 0 aromatic carbocycles.